The summed E-state index contributed by atoms with van der Waals surface area (Å²) < 4.78 is 0. The molecule has 3 rings (SSSR count). The van der Waals surface area contributed by atoms with Crippen molar-refractivity contribution < 1.29 is 0 Å². The van der Waals surface area contributed by atoms with Crippen LogP contribution in [-0.4, -0.2) is 31.1 Å². The van der Waals surface area contributed by atoms with Crippen molar-refractivity contribution in [3.8, 4) is 0 Å². The molecule has 0 spiro atoms. The molecular formula is C19H30N2. The Labute approximate surface area is 129 Å². The molecule has 1 saturated carbocycles. The summed E-state index contributed by atoms with van der Waals surface area (Å²) in [4.78, 5) is 2.64. The molecule has 21 heavy (non-hydrogen) atoms. The highest BCUT2D eigenvalue weighted by Gasteiger charge is 2.22. The van der Waals surface area contributed by atoms with Crippen LogP contribution in [0, 0.1) is 5.92 Å². The predicted molar refractivity (Wildman–Crippen MR) is 89.6 cm³/mol. The molecule has 0 radical (unpaired) electrons. The molecule has 1 aromatic rings. The molecule has 2 nitrogen and oxygen atoms in total. The van der Waals surface area contributed by atoms with Gasteiger partial charge in [0.1, 0.15) is 0 Å². The molecule has 2 heteroatoms. The minimum absolute atomic E-state index is 0.744. The molecule has 1 N–H and O–H groups in total. The van der Waals surface area contributed by atoms with E-state index in [2.05, 4.69) is 41.4 Å². The first-order chi connectivity index (χ1) is 10.3. The Kier molecular flexibility index (Phi) is 5.32. The number of likely N-dealkylation sites (tertiary alicyclic amines) is 1. The molecule has 1 saturated heterocycles. The van der Waals surface area contributed by atoms with Gasteiger partial charge in [-0.2, -0.15) is 0 Å². The van der Waals surface area contributed by atoms with E-state index in [4.69, 9.17) is 0 Å². The monoisotopic (exact) mass is 286 g/mol. The summed E-state index contributed by atoms with van der Waals surface area (Å²) in [5.74, 6) is 1.62. The quantitative estimate of drug-likeness (QED) is 0.820. The van der Waals surface area contributed by atoms with Gasteiger partial charge in [-0.25, -0.2) is 0 Å². The van der Waals surface area contributed by atoms with Crippen molar-refractivity contribution >= 4 is 0 Å². The molecule has 1 aliphatic carbocycles. The summed E-state index contributed by atoms with van der Waals surface area (Å²) in [6, 6.07) is 9.25. The zero-order chi connectivity index (χ0) is 14.5. The molecule has 1 unspecified atom stereocenters. The average Bonchev–Trinajstić information content (AvgIpc) is 3.34. The van der Waals surface area contributed by atoms with Crippen LogP contribution in [0.4, 0.5) is 0 Å². The summed E-state index contributed by atoms with van der Waals surface area (Å²) in [6.07, 6.45) is 7.01. The highest BCUT2D eigenvalue weighted by Crippen LogP contribution is 2.39. The molecule has 116 valence electrons. The highest BCUT2D eigenvalue weighted by molar-refractivity contribution is 5.27. The molecule has 0 aromatic heterocycles. The highest BCUT2D eigenvalue weighted by atomic mass is 15.1. The Bertz CT molecular complexity index is 416. The molecule has 0 amide bonds. The molecule has 1 heterocycles. The van der Waals surface area contributed by atoms with Crippen LogP contribution in [0.3, 0.4) is 0 Å². The molecule has 2 aliphatic rings. The second-order valence-electron chi connectivity index (χ2n) is 7.11. The van der Waals surface area contributed by atoms with Gasteiger partial charge in [-0.05, 0) is 68.3 Å². The van der Waals surface area contributed by atoms with Gasteiger partial charge in [0, 0.05) is 13.1 Å². The maximum atomic E-state index is 3.63. The van der Waals surface area contributed by atoms with Crippen LogP contribution in [0.15, 0.2) is 24.3 Å². The van der Waals surface area contributed by atoms with Gasteiger partial charge < -0.3 is 10.2 Å². The standard InChI is InChI=1S/C19H30N2/c1-16(15-21-11-3-2-4-12-21)13-20-14-17-5-7-18(8-6-17)19-9-10-19/h5-8,16,19-20H,2-4,9-15H2,1H3. The number of benzene rings is 1. The topological polar surface area (TPSA) is 15.3 Å². The van der Waals surface area contributed by atoms with Crippen LogP contribution in [0.25, 0.3) is 0 Å². The van der Waals surface area contributed by atoms with E-state index in [-0.39, 0.29) is 0 Å². The molecule has 1 atom stereocenters. The van der Waals surface area contributed by atoms with Crippen LogP contribution in [0.5, 0.6) is 0 Å². The first-order valence-corrected chi connectivity index (χ1v) is 8.83. The third kappa shape index (κ3) is 4.82. The van der Waals surface area contributed by atoms with E-state index < -0.39 is 0 Å². The summed E-state index contributed by atoms with van der Waals surface area (Å²) >= 11 is 0. The minimum Gasteiger partial charge on any atom is -0.312 e. The van der Waals surface area contributed by atoms with Gasteiger partial charge in [0.25, 0.3) is 0 Å². The maximum absolute atomic E-state index is 3.63. The Morgan fingerprint density at radius 2 is 1.81 bits per heavy atom. The van der Waals surface area contributed by atoms with E-state index >= 15 is 0 Å². The van der Waals surface area contributed by atoms with Crippen molar-refractivity contribution in [2.75, 3.05) is 26.2 Å². The second kappa shape index (κ2) is 7.42. The summed E-state index contributed by atoms with van der Waals surface area (Å²) in [5.41, 5.74) is 2.96. The van der Waals surface area contributed by atoms with E-state index in [9.17, 15) is 0 Å². The lowest BCUT2D eigenvalue weighted by molar-refractivity contribution is 0.199. The number of nitrogens with zero attached hydrogens (tertiary/aromatic N) is 1. The zero-order valence-electron chi connectivity index (χ0n) is 13.5. The number of piperidine rings is 1. The van der Waals surface area contributed by atoms with E-state index in [1.807, 2.05) is 0 Å². The predicted octanol–water partition coefficient (Wildman–Crippen LogP) is 3.78. The van der Waals surface area contributed by atoms with Gasteiger partial charge in [-0.3, -0.25) is 0 Å². The van der Waals surface area contributed by atoms with Gasteiger partial charge in [0.15, 0.2) is 0 Å². The lowest BCUT2D eigenvalue weighted by atomic mass is 10.1. The van der Waals surface area contributed by atoms with Gasteiger partial charge in [0.05, 0.1) is 0 Å². The van der Waals surface area contributed by atoms with Crippen LogP contribution in [0.1, 0.15) is 56.1 Å². The summed E-state index contributed by atoms with van der Waals surface area (Å²) in [6.45, 7) is 8.39. The van der Waals surface area contributed by atoms with Gasteiger partial charge in [-0.15, -0.1) is 0 Å². The fraction of sp³-hybridized carbons (Fsp3) is 0.684. The molecule has 2 fully saturated rings. The number of rotatable bonds is 7. The number of hydrogen-bond acceptors (Lipinski definition) is 2. The third-order valence-corrected chi connectivity index (χ3v) is 4.87. The fourth-order valence-electron chi connectivity index (χ4n) is 3.43. The third-order valence-electron chi connectivity index (χ3n) is 4.87. The smallest absolute Gasteiger partial charge is 0.0205 e. The lowest BCUT2D eigenvalue weighted by Crippen LogP contribution is -2.36. The molecule has 1 aromatic carbocycles. The zero-order valence-corrected chi connectivity index (χ0v) is 13.5. The SMILES string of the molecule is CC(CNCc1ccc(C2CC2)cc1)CN1CCCCC1. The Morgan fingerprint density at radius 3 is 2.48 bits per heavy atom. The number of nitrogens with one attached hydrogen (secondary N) is 1. The van der Waals surface area contributed by atoms with Gasteiger partial charge >= 0.3 is 0 Å². The van der Waals surface area contributed by atoms with Crippen molar-refractivity contribution in [1.29, 1.82) is 0 Å². The van der Waals surface area contributed by atoms with E-state index in [1.165, 1.54) is 62.9 Å². The maximum Gasteiger partial charge on any atom is 0.0205 e. The Balaban J connectivity index is 1.34. The first-order valence-electron chi connectivity index (χ1n) is 8.83. The Hall–Kier alpha value is -0.860. The van der Waals surface area contributed by atoms with E-state index in [0.717, 1.165) is 24.9 Å². The summed E-state index contributed by atoms with van der Waals surface area (Å²) in [7, 11) is 0. The van der Waals surface area contributed by atoms with Crippen molar-refractivity contribution in [3.63, 3.8) is 0 Å². The normalized spacial score (nSPS) is 21.4. The molecular weight excluding hydrogens is 256 g/mol. The second-order valence-corrected chi connectivity index (χ2v) is 7.11. The van der Waals surface area contributed by atoms with Crippen molar-refractivity contribution in [2.45, 2.75) is 51.5 Å². The van der Waals surface area contributed by atoms with Crippen LogP contribution < -0.4 is 5.32 Å². The van der Waals surface area contributed by atoms with Crippen LogP contribution in [-0.2, 0) is 6.54 Å². The first kappa shape index (κ1) is 15.1. The lowest BCUT2D eigenvalue weighted by Gasteiger charge is -2.29. The van der Waals surface area contributed by atoms with Crippen molar-refractivity contribution in [1.82, 2.24) is 10.2 Å². The van der Waals surface area contributed by atoms with Crippen molar-refractivity contribution in [3.05, 3.63) is 35.4 Å². The summed E-state index contributed by atoms with van der Waals surface area (Å²) in [5, 5.41) is 3.63. The van der Waals surface area contributed by atoms with Crippen LogP contribution in [0.2, 0.25) is 0 Å². The fourth-order valence-corrected chi connectivity index (χ4v) is 3.43. The average molecular weight is 286 g/mol. The molecule has 1 aliphatic heterocycles. The van der Waals surface area contributed by atoms with Gasteiger partial charge in [0.2, 0.25) is 0 Å². The largest absolute Gasteiger partial charge is 0.312 e. The van der Waals surface area contributed by atoms with Crippen molar-refractivity contribution in [2.24, 2.45) is 5.92 Å². The van der Waals surface area contributed by atoms with Crippen LogP contribution >= 0.6 is 0 Å². The van der Waals surface area contributed by atoms with E-state index in [0.29, 0.717) is 0 Å². The minimum atomic E-state index is 0.744. The number of hydrogen-bond donors (Lipinski definition) is 1. The van der Waals surface area contributed by atoms with Gasteiger partial charge in [-0.1, -0.05) is 37.6 Å². The Morgan fingerprint density at radius 1 is 1.10 bits per heavy atom. The molecule has 0 bridgehead atoms. The van der Waals surface area contributed by atoms with E-state index in [1.54, 1.807) is 0 Å².